The average molecular weight is 414 g/mol. The van der Waals surface area contributed by atoms with Gasteiger partial charge < -0.3 is 34.8 Å². The van der Waals surface area contributed by atoms with Crippen LogP contribution in [0.25, 0.3) is 0 Å². The molecule has 0 aromatic carbocycles. The van der Waals surface area contributed by atoms with Crippen LogP contribution in [0.1, 0.15) is 6.42 Å². The van der Waals surface area contributed by atoms with Crippen molar-refractivity contribution < 1.29 is 42.9 Å². The zero-order valence-corrected chi connectivity index (χ0v) is 15.9. The molecule has 2 saturated heterocycles. The highest BCUT2D eigenvalue weighted by molar-refractivity contribution is 7.85. The van der Waals surface area contributed by atoms with E-state index in [1.165, 1.54) is 0 Å². The highest BCUT2D eigenvalue weighted by Crippen LogP contribution is 2.21. The van der Waals surface area contributed by atoms with Crippen molar-refractivity contribution in [2.45, 2.75) is 37.1 Å². The second kappa shape index (κ2) is 10.4. The van der Waals surface area contributed by atoms with Crippen molar-refractivity contribution in [2.75, 3.05) is 58.2 Å². The Bertz CT molecular complexity index is 539. The Morgan fingerprint density at radius 2 is 1.56 bits per heavy atom. The summed E-state index contributed by atoms with van der Waals surface area (Å²) < 4.78 is 40.9. The number of aliphatic hydroxyl groups excluding tert-OH is 4. The van der Waals surface area contributed by atoms with Gasteiger partial charge in [0.15, 0.2) is 6.29 Å². The van der Waals surface area contributed by atoms with Crippen LogP contribution in [0.15, 0.2) is 0 Å². The molecule has 0 radical (unpaired) electrons. The van der Waals surface area contributed by atoms with Gasteiger partial charge in [-0.3, -0.25) is 9.45 Å². The van der Waals surface area contributed by atoms with Gasteiger partial charge >= 0.3 is 0 Å². The maximum absolute atomic E-state index is 10.7. The Morgan fingerprint density at radius 1 is 0.963 bits per heavy atom. The Labute approximate surface area is 158 Å². The maximum Gasteiger partial charge on any atom is 0.264 e. The lowest BCUT2D eigenvalue weighted by Crippen LogP contribution is -2.59. The van der Waals surface area contributed by atoms with Gasteiger partial charge in [-0.15, -0.1) is 0 Å². The second-order valence-electron chi connectivity index (χ2n) is 6.89. The first-order valence-electron chi connectivity index (χ1n) is 9.03. The Hall–Kier alpha value is -0.410. The maximum atomic E-state index is 10.7. The predicted molar refractivity (Wildman–Crippen MR) is 93.6 cm³/mol. The molecule has 160 valence electrons. The van der Waals surface area contributed by atoms with Gasteiger partial charge in [0.2, 0.25) is 0 Å². The molecule has 2 fully saturated rings. The second-order valence-corrected chi connectivity index (χ2v) is 8.46. The van der Waals surface area contributed by atoms with E-state index in [2.05, 4.69) is 9.80 Å². The summed E-state index contributed by atoms with van der Waals surface area (Å²) in [6.07, 6.45) is -5.98. The van der Waals surface area contributed by atoms with Crippen LogP contribution in [0.3, 0.4) is 0 Å². The fourth-order valence-corrected chi connectivity index (χ4v) is 3.70. The number of piperazine rings is 1. The number of hydrogen-bond acceptors (Lipinski definition) is 10. The minimum atomic E-state index is -3.91. The van der Waals surface area contributed by atoms with Gasteiger partial charge in [-0.1, -0.05) is 0 Å². The summed E-state index contributed by atoms with van der Waals surface area (Å²) in [5, 5.41) is 38.5. The van der Waals surface area contributed by atoms with Crippen molar-refractivity contribution in [2.24, 2.45) is 0 Å². The Kier molecular flexibility index (Phi) is 8.80. The number of ether oxygens (including phenoxy) is 2. The van der Waals surface area contributed by atoms with Gasteiger partial charge in [0, 0.05) is 32.7 Å². The van der Waals surface area contributed by atoms with Crippen molar-refractivity contribution >= 4 is 10.1 Å². The van der Waals surface area contributed by atoms with E-state index in [-0.39, 0.29) is 12.4 Å². The van der Waals surface area contributed by atoms with Crippen LogP contribution in [0.4, 0.5) is 0 Å². The first kappa shape index (κ1) is 22.9. The standard InChI is InChI=1S/C15H30N2O9S/c18-10-11-12(19)13(20)14(21)15(26-11)25-8-7-17-5-3-16(4-6-17)2-1-9-27(22,23)24/h11-15,18-21H,1-10H2,(H,22,23,24)/t11-,12-,13+,14-,15-/m1/s1. The zero-order valence-electron chi connectivity index (χ0n) is 15.1. The van der Waals surface area contributed by atoms with E-state index in [4.69, 9.17) is 19.1 Å². The lowest BCUT2D eigenvalue weighted by atomic mass is 9.99. The third kappa shape index (κ3) is 7.16. The molecule has 0 aromatic rings. The van der Waals surface area contributed by atoms with E-state index in [0.717, 1.165) is 26.2 Å². The minimum Gasteiger partial charge on any atom is -0.394 e. The van der Waals surface area contributed by atoms with Gasteiger partial charge in [0.1, 0.15) is 24.4 Å². The summed E-state index contributed by atoms with van der Waals surface area (Å²) in [7, 11) is -3.91. The van der Waals surface area contributed by atoms with Crippen LogP contribution in [0.5, 0.6) is 0 Å². The van der Waals surface area contributed by atoms with E-state index in [1.807, 2.05) is 0 Å². The molecule has 5 N–H and O–H groups in total. The lowest BCUT2D eigenvalue weighted by Gasteiger charge is -2.40. The quantitative estimate of drug-likeness (QED) is 0.240. The molecule has 2 heterocycles. The Balaban J connectivity index is 1.64. The lowest BCUT2D eigenvalue weighted by molar-refractivity contribution is -0.301. The average Bonchev–Trinajstić information content (AvgIpc) is 2.62. The molecule has 0 unspecified atom stereocenters. The highest BCUT2D eigenvalue weighted by Gasteiger charge is 2.43. The third-order valence-corrected chi connectivity index (χ3v) is 5.68. The number of nitrogens with zero attached hydrogens (tertiary/aromatic N) is 2. The fourth-order valence-electron chi connectivity index (χ4n) is 3.21. The molecule has 5 atom stereocenters. The highest BCUT2D eigenvalue weighted by atomic mass is 32.2. The molecule has 2 aliphatic rings. The van der Waals surface area contributed by atoms with Gasteiger partial charge in [0.05, 0.1) is 19.0 Å². The molecule has 0 aromatic heterocycles. The number of aliphatic hydroxyl groups is 4. The normalized spacial score (nSPS) is 34.0. The summed E-state index contributed by atoms with van der Waals surface area (Å²) in [5.41, 5.74) is 0. The molecule has 0 bridgehead atoms. The van der Waals surface area contributed by atoms with Crippen LogP contribution in [-0.2, 0) is 19.6 Å². The molecule has 12 heteroatoms. The molecule has 0 amide bonds. The predicted octanol–water partition coefficient (Wildman–Crippen LogP) is -3.30. The van der Waals surface area contributed by atoms with Crippen LogP contribution in [0.2, 0.25) is 0 Å². The summed E-state index contributed by atoms with van der Waals surface area (Å²) in [4.78, 5) is 4.27. The van der Waals surface area contributed by atoms with Gasteiger partial charge in [-0.2, -0.15) is 8.42 Å². The van der Waals surface area contributed by atoms with E-state index in [0.29, 0.717) is 19.5 Å². The first-order valence-corrected chi connectivity index (χ1v) is 10.6. The van der Waals surface area contributed by atoms with Crippen LogP contribution < -0.4 is 0 Å². The van der Waals surface area contributed by atoms with Crippen molar-refractivity contribution in [3.8, 4) is 0 Å². The molecular formula is C15H30N2O9S. The Morgan fingerprint density at radius 3 is 2.11 bits per heavy atom. The van der Waals surface area contributed by atoms with Crippen LogP contribution in [-0.4, -0.2) is 132 Å². The smallest absolute Gasteiger partial charge is 0.264 e. The molecule has 2 aliphatic heterocycles. The minimum absolute atomic E-state index is 0.236. The molecule has 0 saturated carbocycles. The molecule has 27 heavy (non-hydrogen) atoms. The molecular weight excluding hydrogens is 384 g/mol. The monoisotopic (exact) mass is 414 g/mol. The summed E-state index contributed by atoms with van der Waals surface area (Å²) in [5.74, 6) is -0.236. The van der Waals surface area contributed by atoms with Crippen molar-refractivity contribution in [1.82, 2.24) is 9.80 Å². The summed E-state index contributed by atoms with van der Waals surface area (Å²) in [6, 6.07) is 0. The van der Waals surface area contributed by atoms with E-state index in [1.54, 1.807) is 0 Å². The number of hydrogen-bond donors (Lipinski definition) is 5. The van der Waals surface area contributed by atoms with Crippen molar-refractivity contribution in [1.29, 1.82) is 0 Å². The molecule has 0 aliphatic carbocycles. The first-order chi connectivity index (χ1) is 12.7. The van der Waals surface area contributed by atoms with Crippen molar-refractivity contribution in [3.63, 3.8) is 0 Å². The van der Waals surface area contributed by atoms with Crippen LogP contribution >= 0.6 is 0 Å². The SMILES string of the molecule is O=S(=O)(O)CCCN1CCN(CCO[C@@H]2O[C@H](CO)[C@@H](O)[C@H](O)[C@H]2O)CC1. The summed E-state index contributed by atoms with van der Waals surface area (Å²) >= 11 is 0. The van der Waals surface area contributed by atoms with E-state index in [9.17, 15) is 23.7 Å². The fraction of sp³-hybridized carbons (Fsp3) is 1.00. The largest absolute Gasteiger partial charge is 0.394 e. The summed E-state index contributed by atoms with van der Waals surface area (Å²) in [6.45, 7) is 4.00. The van der Waals surface area contributed by atoms with E-state index < -0.39 is 47.4 Å². The topological polar surface area (TPSA) is 160 Å². The molecule has 11 nitrogen and oxygen atoms in total. The van der Waals surface area contributed by atoms with Crippen LogP contribution in [0, 0.1) is 0 Å². The van der Waals surface area contributed by atoms with Gasteiger partial charge in [0.25, 0.3) is 10.1 Å². The van der Waals surface area contributed by atoms with Gasteiger partial charge in [-0.25, -0.2) is 0 Å². The molecule has 2 rings (SSSR count). The third-order valence-electron chi connectivity index (χ3n) is 4.88. The van der Waals surface area contributed by atoms with Crippen molar-refractivity contribution in [3.05, 3.63) is 0 Å². The van der Waals surface area contributed by atoms with Gasteiger partial charge in [-0.05, 0) is 13.0 Å². The number of rotatable bonds is 9. The van der Waals surface area contributed by atoms with E-state index >= 15 is 0 Å². The zero-order chi connectivity index (χ0) is 20.0. The molecule has 0 spiro atoms.